The maximum atomic E-state index is 6.21. The van der Waals surface area contributed by atoms with Gasteiger partial charge in [0.1, 0.15) is 6.10 Å². The highest BCUT2D eigenvalue weighted by Crippen LogP contribution is 2.38. The molecule has 1 aromatic carbocycles. The number of ether oxygens (including phenoxy) is 3. The van der Waals surface area contributed by atoms with Gasteiger partial charge in [0.05, 0.1) is 18.7 Å². The van der Waals surface area contributed by atoms with Crippen molar-refractivity contribution >= 4 is 23.2 Å². The maximum Gasteiger partial charge on any atom is 0.180 e. The summed E-state index contributed by atoms with van der Waals surface area (Å²) in [5, 5.41) is 0.524. The van der Waals surface area contributed by atoms with Gasteiger partial charge in [0, 0.05) is 12.5 Å². The molecular weight excluding hydrogens is 275 g/mol. The summed E-state index contributed by atoms with van der Waals surface area (Å²) in [7, 11) is 1.59. The summed E-state index contributed by atoms with van der Waals surface area (Å²) in [5.41, 5.74) is 0.908. The Morgan fingerprint density at radius 3 is 2.89 bits per heavy atom. The van der Waals surface area contributed by atoms with Gasteiger partial charge < -0.3 is 14.2 Å². The van der Waals surface area contributed by atoms with E-state index in [1.807, 2.05) is 6.07 Å². The number of halogens is 2. The van der Waals surface area contributed by atoms with Gasteiger partial charge in [0.15, 0.2) is 11.5 Å². The van der Waals surface area contributed by atoms with Crippen molar-refractivity contribution in [1.29, 1.82) is 0 Å². The van der Waals surface area contributed by atoms with E-state index in [9.17, 15) is 0 Å². The number of hydrogen-bond donors (Lipinski definition) is 0. The van der Waals surface area contributed by atoms with E-state index in [1.54, 1.807) is 13.2 Å². The SMILES string of the molecule is COc1cc(CCl)cc(Cl)c1OC1CCCOC1. The highest BCUT2D eigenvalue weighted by Gasteiger charge is 2.20. The lowest BCUT2D eigenvalue weighted by molar-refractivity contribution is 0.00648. The van der Waals surface area contributed by atoms with Gasteiger partial charge in [0.2, 0.25) is 0 Å². The minimum atomic E-state index is 0.0343. The third-order valence-electron chi connectivity index (χ3n) is 2.85. The van der Waals surface area contributed by atoms with Gasteiger partial charge in [-0.2, -0.15) is 0 Å². The van der Waals surface area contributed by atoms with Crippen LogP contribution in [-0.2, 0) is 10.6 Å². The Hall–Kier alpha value is -0.640. The fourth-order valence-electron chi connectivity index (χ4n) is 1.94. The van der Waals surface area contributed by atoms with E-state index in [-0.39, 0.29) is 6.10 Å². The van der Waals surface area contributed by atoms with Crippen molar-refractivity contribution in [1.82, 2.24) is 0 Å². The standard InChI is InChI=1S/C13H16Cl2O3/c1-16-12-6-9(7-14)5-11(15)13(12)18-10-3-2-4-17-8-10/h5-6,10H,2-4,7-8H2,1H3. The van der Waals surface area contributed by atoms with Crippen LogP contribution in [0.4, 0.5) is 0 Å². The minimum Gasteiger partial charge on any atom is -0.493 e. The molecule has 0 saturated carbocycles. The Labute approximate surface area is 117 Å². The Morgan fingerprint density at radius 2 is 2.28 bits per heavy atom. The summed E-state index contributed by atoms with van der Waals surface area (Å²) in [6, 6.07) is 3.65. The van der Waals surface area contributed by atoms with E-state index in [0.717, 1.165) is 25.0 Å². The van der Waals surface area contributed by atoms with Crippen molar-refractivity contribution < 1.29 is 14.2 Å². The smallest absolute Gasteiger partial charge is 0.180 e. The number of rotatable bonds is 4. The first-order valence-corrected chi connectivity index (χ1v) is 6.82. The molecule has 3 nitrogen and oxygen atoms in total. The Bertz CT molecular complexity index is 403. The average Bonchev–Trinajstić information content (AvgIpc) is 2.42. The second-order valence-corrected chi connectivity index (χ2v) is 4.87. The lowest BCUT2D eigenvalue weighted by Crippen LogP contribution is -2.28. The van der Waals surface area contributed by atoms with Crippen LogP contribution in [0.25, 0.3) is 0 Å². The van der Waals surface area contributed by atoms with Crippen molar-refractivity contribution in [3.8, 4) is 11.5 Å². The number of alkyl halides is 1. The zero-order valence-electron chi connectivity index (χ0n) is 10.2. The topological polar surface area (TPSA) is 27.7 Å². The van der Waals surface area contributed by atoms with Crippen molar-refractivity contribution in [2.24, 2.45) is 0 Å². The van der Waals surface area contributed by atoms with Crippen LogP contribution in [0.2, 0.25) is 5.02 Å². The molecule has 5 heteroatoms. The molecule has 0 N–H and O–H groups in total. The number of benzene rings is 1. The molecule has 1 aliphatic rings. The first-order chi connectivity index (χ1) is 8.74. The summed E-state index contributed by atoms with van der Waals surface area (Å²) >= 11 is 12.0. The predicted octanol–water partition coefficient (Wildman–Crippen LogP) is 3.65. The minimum absolute atomic E-state index is 0.0343. The van der Waals surface area contributed by atoms with Gasteiger partial charge in [-0.3, -0.25) is 0 Å². The molecule has 1 saturated heterocycles. The third kappa shape index (κ3) is 3.22. The molecule has 100 valence electrons. The van der Waals surface area contributed by atoms with Gasteiger partial charge in [-0.1, -0.05) is 11.6 Å². The molecule has 0 aliphatic carbocycles. The van der Waals surface area contributed by atoms with Crippen LogP contribution in [0.3, 0.4) is 0 Å². The van der Waals surface area contributed by atoms with Gasteiger partial charge in [-0.25, -0.2) is 0 Å². The summed E-state index contributed by atoms with van der Waals surface area (Å²) in [5.74, 6) is 1.58. The third-order valence-corrected chi connectivity index (χ3v) is 3.44. The molecular formula is C13H16Cl2O3. The zero-order valence-corrected chi connectivity index (χ0v) is 11.8. The van der Waals surface area contributed by atoms with Crippen LogP contribution in [0.15, 0.2) is 12.1 Å². The van der Waals surface area contributed by atoms with Crippen molar-refractivity contribution in [2.45, 2.75) is 24.8 Å². The molecule has 1 aromatic rings. The molecule has 2 rings (SSSR count). The summed E-state index contributed by atoms with van der Waals surface area (Å²) in [4.78, 5) is 0. The second kappa shape index (κ2) is 6.50. The Kier molecular flexibility index (Phi) is 4.98. The van der Waals surface area contributed by atoms with Crippen molar-refractivity contribution in [3.63, 3.8) is 0 Å². The normalized spacial score (nSPS) is 19.6. The molecule has 1 heterocycles. The monoisotopic (exact) mass is 290 g/mol. The fourth-order valence-corrected chi connectivity index (χ4v) is 2.37. The Morgan fingerprint density at radius 1 is 1.44 bits per heavy atom. The lowest BCUT2D eigenvalue weighted by atomic mass is 10.1. The Balaban J connectivity index is 2.19. The molecule has 0 radical (unpaired) electrons. The number of methoxy groups -OCH3 is 1. The molecule has 1 aliphatic heterocycles. The van der Waals surface area contributed by atoms with Gasteiger partial charge in [0.25, 0.3) is 0 Å². The maximum absolute atomic E-state index is 6.21. The molecule has 18 heavy (non-hydrogen) atoms. The van der Waals surface area contributed by atoms with E-state index in [2.05, 4.69) is 0 Å². The van der Waals surface area contributed by atoms with Crippen LogP contribution in [-0.4, -0.2) is 26.4 Å². The summed E-state index contributed by atoms with van der Waals surface area (Å²) < 4.78 is 16.6. The van der Waals surface area contributed by atoms with E-state index in [4.69, 9.17) is 37.4 Å². The zero-order chi connectivity index (χ0) is 13.0. The molecule has 1 fully saturated rings. The lowest BCUT2D eigenvalue weighted by Gasteiger charge is -2.25. The first-order valence-electron chi connectivity index (χ1n) is 5.91. The van der Waals surface area contributed by atoms with E-state index < -0.39 is 0 Å². The molecule has 0 amide bonds. The summed E-state index contributed by atoms with van der Waals surface area (Å²) in [6.45, 7) is 1.40. The van der Waals surface area contributed by atoms with Crippen LogP contribution in [0.1, 0.15) is 18.4 Å². The molecule has 0 aromatic heterocycles. The van der Waals surface area contributed by atoms with Gasteiger partial charge >= 0.3 is 0 Å². The average molecular weight is 291 g/mol. The van der Waals surface area contributed by atoms with Crippen LogP contribution in [0.5, 0.6) is 11.5 Å². The predicted molar refractivity (Wildman–Crippen MR) is 72.0 cm³/mol. The second-order valence-electron chi connectivity index (χ2n) is 4.20. The summed E-state index contributed by atoms with van der Waals surface area (Å²) in [6.07, 6.45) is 2.01. The van der Waals surface area contributed by atoms with E-state index in [1.165, 1.54) is 0 Å². The van der Waals surface area contributed by atoms with Crippen LogP contribution >= 0.6 is 23.2 Å². The largest absolute Gasteiger partial charge is 0.493 e. The van der Waals surface area contributed by atoms with E-state index >= 15 is 0 Å². The number of hydrogen-bond acceptors (Lipinski definition) is 3. The highest BCUT2D eigenvalue weighted by atomic mass is 35.5. The first kappa shape index (κ1) is 13.8. The molecule has 1 atom stereocenters. The molecule has 0 bridgehead atoms. The van der Waals surface area contributed by atoms with Gasteiger partial charge in [-0.15, -0.1) is 11.6 Å². The van der Waals surface area contributed by atoms with Crippen LogP contribution in [0, 0.1) is 0 Å². The highest BCUT2D eigenvalue weighted by molar-refractivity contribution is 6.32. The van der Waals surface area contributed by atoms with Crippen molar-refractivity contribution in [2.75, 3.05) is 20.3 Å². The molecule has 1 unspecified atom stereocenters. The molecule has 0 spiro atoms. The van der Waals surface area contributed by atoms with E-state index in [0.29, 0.717) is 29.0 Å². The van der Waals surface area contributed by atoms with Crippen LogP contribution < -0.4 is 9.47 Å². The quantitative estimate of drug-likeness (QED) is 0.793. The van der Waals surface area contributed by atoms with Gasteiger partial charge in [-0.05, 0) is 30.5 Å². The fraction of sp³-hybridized carbons (Fsp3) is 0.538. The van der Waals surface area contributed by atoms with Crippen molar-refractivity contribution in [3.05, 3.63) is 22.7 Å².